The second-order valence-corrected chi connectivity index (χ2v) is 4.16. The van der Waals surface area contributed by atoms with Gasteiger partial charge in [0.1, 0.15) is 12.2 Å². The predicted molar refractivity (Wildman–Crippen MR) is 55.0 cm³/mol. The van der Waals surface area contributed by atoms with Crippen molar-refractivity contribution < 1.29 is 0 Å². The Labute approximate surface area is 84.7 Å². The Morgan fingerprint density at radius 3 is 3.00 bits per heavy atom. The largest absolute Gasteiger partial charge is 0.307 e. The molecule has 4 heteroatoms. The lowest BCUT2D eigenvalue weighted by atomic mass is 10.0. The standard InChI is InChI=1S/C10H18N4/c1-8(2)14-10(12-7-13-14)9-5-3-4-6-11-9/h7-9,11H,3-6H2,1-2H3. The maximum atomic E-state index is 4.35. The molecule has 0 spiro atoms. The van der Waals surface area contributed by atoms with Gasteiger partial charge in [-0.3, -0.25) is 0 Å². The first kappa shape index (κ1) is 9.65. The lowest BCUT2D eigenvalue weighted by Crippen LogP contribution is -2.29. The van der Waals surface area contributed by atoms with E-state index in [1.807, 2.05) is 4.68 Å². The van der Waals surface area contributed by atoms with Crippen LogP contribution in [0.15, 0.2) is 6.33 Å². The van der Waals surface area contributed by atoms with Gasteiger partial charge in [0.15, 0.2) is 0 Å². The number of hydrogen-bond acceptors (Lipinski definition) is 3. The van der Waals surface area contributed by atoms with Gasteiger partial charge >= 0.3 is 0 Å². The summed E-state index contributed by atoms with van der Waals surface area (Å²) in [6.45, 7) is 5.39. The van der Waals surface area contributed by atoms with Crippen LogP contribution in [0.5, 0.6) is 0 Å². The lowest BCUT2D eigenvalue weighted by Gasteiger charge is -2.23. The monoisotopic (exact) mass is 194 g/mol. The van der Waals surface area contributed by atoms with Gasteiger partial charge in [0, 0.05) is 6.04 Å². The molecule has 1 aliphatic heterocycles. The molecule has 1 aliphatic rings. The van der Waals surface area contributed by atoms with Gasteiger partial charge in [-0.1, -0.05) is 6.42 Å². The topological polar surface area (TPSA) is 42.7 Å². The van der Waals surface area contributed by atoms with Crippen molar-refractivity contribution in [2.45, 2.75) is 45.2 Å². The van der Waals surface area contributed by atoms with Crippen molar-refractivity contribution in [3.8, 4) is 0 Å². The van der Waals surface area contributed by atoms with Crippen molar-refractivity contribution in [3.05, 3.63) is 12.2 Å². The molecule has 1 saturated heterocycles. The minimum Gasteiger partial charge on any atom is -0.307 e. The Morgan fingerprint density at radius 1 is 1.50 bits per heavy atom. The molecule has 2 heterocycles. The zero-order valence-corrected chi connectivity index (χ0v) is 8.90. The number of rotatable bonds is 2. The summed E-state index contributed by atoms with van der Waals surface area (Å²) in [6.07, 6.45) is 5.42. The van der Waals surface area contributed by atoms with Gasteiger partial charge in [-0.2, -0.15) is 5.10 Å². The van der Waals surface area contributed by atoms with Crippen molar-refractivity contribution in [2.24, 2.45) is 0 Å². The molecule has 0 bridgehead atoms. The zero-order valence-electron chi connectivity index (χ0n) is 8.90. The summed E-state index contributed by atoms with van der Waals surface area (Å²) < 4.78 is 2.02. The summed E-state index contributed by atoms with van der Waals surface area (Å²) >= 11 is 0. The van der Waals surface area contributed by atoms with Crippen LogP contribution in [0.4, 0.5) is 0 Å². The molecule has 0 aromatic carbocycles. The smallest absolute Gasteiger partial charge is 0.144 e. The average Bonchev–Trinajstić information content (AvgIpc) is 2.67. The fourth-order valence-electron chi connectivity index (χ4n) is 1.98. The van der Waals surface area contributed by atoms with E-state index in [2.05, 4.69) is 29.2 Å². The van der Waals surface area contributed by atoms with Gasteiger partial charge in [-0.25, -0.2) is 9.67 Å². The number of piperidine rings is 1. The molecule has 1 aromatic rings. The van der Waals surface area contributed by atoms with E-state index in [4.69, 9.17) is 0 Å². The van der Waals surface area contributed by atoms with Crippen LogP contribution in [0.2, 0.25) is 0 Å². The van der Waals surface area contributed by atoms with Gasteiger partial charge < -0.3 is 5.32 Å². The van der Waals surface area contributed by atoms with Gasteiger partial charge in [-0.05, 0) is 33.2 Å². The number of nitrogens with zero attached hydrogens (tertiary/aromatic N) is 3. The normalized spacial score (nSPS) is 22.9. The SMILES string of the molecule is CC(C)n1ncnc1C1CCCCN1. The Balaban J connectivity index is 2.17. The predicted octanol–water partition coefficient (Wildman–Crippen LogP) is 1.67. The number of aromatic nitrogens is 3. The average molecular weight is 194 g/mol. The van der Waals surface area contributed by atoms with Gasteiger partial charge in [0.2, 0.25) is 0 Å². The van der Waals surface area contributed by atoms with E-state index in [1.54, 1.807) is 6.33 Å². The van der Waals surface area contributed by atoms with Crippen LogP contribution in [-0.2, 0) is 0 Å². The number of hydrogen-bond donors (Lipinski definition) is 1. The van der Waals surface area contributed by atoms with E-state index in [9.17, 15) is 0 Å². The Kier molecular flexibility index (Phi) is 2.82. The number of nitrogens with one attached hydrogen (secondary N) is 1. The first-order valence-corrected chi connectivity index (χ1v) is 5.42. The van der Waals surface area contributed by atoms with Gasteiger partial charge in [-0.15, -0.1) is 0 Å². The van der Waals surface area contributed by atoms with E-state index >= 15 is 0 Å². The summed E-state index contributed by atoms with van der Waals surface area (Å²) in [4.78, 5) is 4.35. The molecule has 0 radical (unpaired) electrons. The molecule has 78 valence electrons. The van der Waals surface area contributed by atoms with Crippen LogP contribution in [0.3, 0.4) is 0 Å². The molecule has 2 rings (SSSR count). The Bertz CT molecular complexity index is 286. The van der Waals surface area contributed by atoms with Crippen molar-refractivity contribution >= 4 is 0 Å². The maximum Gasteiger partial charge on any atom is 0.144 e. The van der Waals surface area contributed by atoms with Crippen LogP contribution in [0, 0.1) is 0 Å². The van der Waals surface area contributed by atoms with Gasteiger partial charge in [0.25, 0.3) is 0 Å². The van der Waals surface area contributed by atoms with E-state index < -0.39 is 0 Å². The second-order valence-electron chi connectivity index (χ2n) is 4.16. The molecule has 0 amide bonds. The van der Waals surface area contributed by atoms with Crippen molar-refractivity contribution in [3.63, 3.8) is 0 Å². The molecule has 1 unspecified atom stereocenters. The third-order valence-electron chi connectivity index (χ3n) is 2.71. The highest BCUT2D eigenvalue weighted by molar-refractivity contribution is 4.96. The van der Waals surface area contributed by atoms with E-state index in [1.165, 1.54) is 19.3 Å². The van der Waals surface area contributed by atoms with Crippen LogP contribution in [0.1, 0.15) is 51.0 Å². The quantitative estimate of drug-likeness (QED) is 0.778. The molecule has 1 atom stereocenters. The van der Waals surface area contributed by atoms with Gasteiger partial charge in [0.05, 0.1) is 6.04 Å². The highest BCUT2D eigenvalue weighted by Crippen LogP contribution is 2.22. The summed E-state index contributed by atoms with van der Waals surface area (Å²) in [7, 11) is 0. The maximum absolute atomic E-state index is 4.35. The minimum atomic E-state index is 0.399. The van der Waals surface area contributed by atoms with Crippen LogP contribution in [-0.4, -0.2) is 21.3 Å². The first-order chi connectivity index (χ1) is 6.79. The van der Waals surface area contributed by atoms with Crippen LogP contribution >= 0.6 is 0 Å². The molecule has 14 heavy (non-hydrogen) atoms. The molecule has 1 fully saturated rings. The van der Waals surface area contributed by atoms with E-state index in [0.29, 0.717) is 12.1 Å². The Hall–Kier alpha value is -0.900. The van der Waals surface area contributed by atoms with Crippen LogP contribution in [0.25, 0.3) is 0 Å². The fraction of sp³-hybridized carbons (Fsp3) is 0.800. The molecule has 1 aromatic heterocycles. The highest BCUT2D eigenvalue weighted by atomic mass is 15.4. The lowest BCUT2D eigenvalue weighted by molar-refractivity contribution is 0.368. The van der Waals surface area contributed by atoms with E-state index in [0.717, 1.165) is 12.4 Å². The van der Waals surface area contributed by atoms with Crippen LogP contribution < -0.4 is 5.32 Å². The molecule has 0 saturated carbocycles. The second kappa shape index (κ2) is 4.09. The van der Waals surface area contributed by atoms with Crippen molar-refractivity contribution in [2.75, 3.05) is 6.54 Å². The molecule has 1 N–H and O–H groups in total. The molecule has 4 nitrogen and oxygen atoms in total. The molecule has 0 aliphatic carbocycles. The zero-order chi connectivity index (χ0) is 9.97. The van der Waals surface area contributed by atoms with E-state index in [-0.39, 0.29) is 0 Å². The fourth-order valence-corrected chi connectivity index (χ4v) is 1.98. The summed E-state index contributed by atoms with van der Waals surface area (Å²) in [5.74, 6) is 1.10. The minimum absolute atomic E-state index is 0.399. The highest BCUT2D eigenvalue weighted by Gasteiger charge is 2.20. The Morgan fingerprint density at radius 2 is 2.36 bits per heavy atom. The van der Waals surface area contributed by atoms with Crippen molar-refractivity contribution in [1.29, 1.82) is 0 Å². The molecular weight excluding hydrogens is 176 g/mol. The third-order valence-corrected chi connectivity index (χ3v) is 2.71. The third kappa shape index (κ3) is 1.80. The first-order valence-electron chi connectivity index (χ1n) is 5.42. The summed E-state index contributed by atoms with van der Waals surface area (Å²) in [5.41, 5.74) is 0. The summed E-state index contributed by atoms with van der Waals surface area (Å²) in [6, 6.07) is 0.810. The summed E-state index contributed by atoms with van der Waals surface area (Å²) in [5, 5.41) is 7.75. The molecular formula is C10H18N4. The van der Waals surface area contributed by atoms with Crippen molar-refractivity contribution in [1.82, 2.24) is 20.1 Å².